The fourth-order valence-electron chi connectivity index (χ4n) is 2.78. The highest BCUT2D eigenvalue weighted by Crippen LogP contribution is 2.20. The van der Waals surface area contributed by atoms with Crippen LogP contribution in [0.15, 0.2) is 29.4 Å². The maximum absolute atomic E-state index is 12.7. The standard InChI is InChI=1S/C17H23N5O3/c1-10-8-12(18-9-10)14(23)22-7-5-6-11-13(22)20-15(19-11)21-16(24)25-17(2,3)4/h5-6,8-9,11,13,18H,7H2,1-4H3,(H2,19,20,21,24). The molecule has 0 aromatic carbocycles. The minimum atomic E-state index is -0.594. The number of carbonyl (C=O) groups excluding carboxylic acids is 2. The van der Waals surface area contributed by atoms with Gasteiger partial charge in [-0.3, -0.25) is 10.1 Å². The second-order valence-electron chi connectivity index (χ2n) is 7.16. The third-order valence-corrected chi connectivity index (χ3v) is 3.80. The molecule has 1 aromatic rings. The Bertz CT molecular complexity index is 744. The summed E-state index contributed by atoms with van der Waals surface area (Å²) in [7, 11) is 0. The van der Waals surface area contributed by atoms with Gasteiger partial charge in [0.2, 0.25) is 5.96 Å². The lowest BCUT2D eigenvalue weighted by molar-refractivity contribution is 0.0561. The number of hydrogen-bond acceptors (Lipinski definition) is 5. The molecule has 3 rings (SSSR count). The summed E-state index contributed by atoms with van der Waals surface area (Å²) in [6, 6.07) is 1.56. The number of hydrogen-bond donors (Lipinski definition) is 3. The van der Waals surface area contributed by atoms with E-state index in [9.17, 15) is 9.59 Å². The molecule has 2 amide bonds. The van der Waals surface area contributed by atoms with Crippen LogP contribution in [-0.2, 0) is 4.74 Å². The van der Waals surface area contributed by atoms with Gasteiger partial charge in [0.15, 0.2) is 0 Å². The number of ether oxygens (including phenoxy) is 1. The van der Waals surface area contributed by atoms with Gasteiger partial charge in [0.05, 0.1) is 0 Å². The summed E-state index contributed by atoms with van der Waals surface area (Å²) in [4.78, 5) is 33.7. The lowest BCUT2D eigenvalue weighted by Gasteiger charge is -2.33. The molecular formula is C17H23N5O3. The van der Waals surface area contributed by atoms with Crippen molar-refractivity contribution in [3.63, 3.8) is 0 Å². The predicted molar refractivity (Wildman–Crippen MR) is 93.2 cm³/mol. The average Bonchev–Trinajstić information content (AvgIpc) is 3.09. The summed E-state index contributed by atoms with van der Waals surface area (Å²) in [5, 5.41) is 5.69. The molecule has 2 unspecified atom stereocenters. The number of carbonyl (C=O) groups is 2. The molecule has 0 bridgehead atoms. The fourth-order valence-corrected chi connectivity index (χ4v) is 2.78. The quantitative estimate of drug-likeness (QED) is 0.672. The topological polar surface area (TPSA) is 98.8 Å². The van der Waals surface area contributed by atoms with E-state index in [1.807, 2.05) is 25.1 Å². The van der Waals surface area contributed by atoms with Crippen molar-refractivity contribution in [1.82, 2.24) is 20.5 Å². The molecule has 8 nitrogen and oxygen atoms in total. The van der Waals surface area contributed by atoms with Crippen molar-refractivity contribution in [2.45, 2.75) is 45.5 Å². The molecular weight excluding hydrogens is 322 g/mol. The second kappa shape index (κ2) is 6.27. The largest absolute Gasteiger partial charge is 0.444 e. The predicted octanol–water partition coefficient (Wildman–Crippen LogP) is 1.51. The molecule has 0 saturated heterocycles. The number of aromatic amines is 1. The van der Waals surface area contributed by atoms with Crippen LogP contribution in [0.2, 0.25) is 0 Å². The summed E-state index contributed by atoms with van der Waals surface area (Å²) >= 11 is 0. The van der Waals surface area contributed by atoms with Gasteiger partial charge >= 0.3 is 6.09 Å². The first kappa shape index (κ1) is 17.1. The van der Waals surface area contributed by atoms with E-state index in [0.717, 1.165) is 5.56 Å². The third kappa shape index (κ3) is 3.84. The van der Waals surface area contributed by atoms with Crippen molar-refractivity contribution in [3.05, 3.63) is 35.7 Å². The van der Waals surface area contributed by atoms with Crippen LogP contribution >= 0.6 is 0 Å². The van der Waals surface area contributed by atoms with E-state index >= 15 is 0 Å². The van der Waals surface area contributed by atoms with Crippen LogP contribution in [0.3, 0.4) is 0 Å². The Hall–Kier alpha value is -2.77. The van der Waals surface area contributed by atoms with Gasteiger partial charge in [-0.2, -0.15) is 0 Å². The number of aromatic nitrogens is 1. The Morgan fingerprint density at radius 3 is 2.80 bits per heavy atom. The second-order valence-corrected chi connectivity index (χ2v) is 7.16. The Morgan fingerprint density at radius 2 is 2.16 bits per heavy atom. The molecule has 8 heteroatoms. The highest BCUT2D eigenvalue weighted by atomic mass is 16.6. The van der Waals surface area contributed by atoms with Crippen LogP contribution in [0.25, 0.3) is 0 Å². The Labute approximate surface area is 146 Å². The number of fused-ring (bicyclic) bond motifs is 1. The molecule has 3 heterocycles. The molecule has 3 N–H and O–H groups in total. The van der Waals surface area contributed by atoms with Gasteiger partial charge in [0.1, 0.15) is 23.5 Å². The number of amides is 2. The van der Waals surface area contributed by atoms with Crippen LogP contribution in [0.5, 0.6) is 0 Å². The van der Waals surface area contributed by atoms with Crippen LogP contribution in [0.4, 0.5) is 4.79 Å². The molecule has 2 aliphatic rings. The van der Waals surface area contributed by atoms with Crippen molar-refractivity contribution >= 4 is 18.0 Å². The maximum atomic E-state index is 12.7. The number of aryl methyl sites for hydroxylation is 1. The van der Waals surface area contributed by atoms with Crippen LogP contribution in [-0.4, -0.2) is 52.2 Å². The zero-order valence-corrected chi connectivity index (χ0v) is 14.8. The van der Waals surface area contributed by atoms with Crippen molar-refractivity contribution < 1.29 is 14.3 Å². The van der Waals surface area contributed by atoms with Crippen molar-refractivity contribution in [2.24, 2.45) is 4.99 Å². The van der Waals surface area contributed by atoms with Gasteiger partial charge in [-0.25, -0.2) is 9.79 Å². The first-order valence-electron chi connectivity index (χ1n) is 8.20. The number of guanidine groups is 1. The molecule has 2 aliphatic heterocycles. The Kier molecular flexibility index (Phi) is 4.28. The van der Waals surface area contributed by atoms with E-state index in [0.29, 0.717) is 18.2 Å². The van der Waals surface area contributed by atoms with Crippen molar-refractivity contribution in [3.8, 4) is 0 Å². The van der Waals surface area contributed by atoms with E-state index in [-0.39, 0.29) is 18.1 Å². The van der Waals surface area contributed by atoms with E-state index in [4.69, 9.17) is 4.74 Å². The first-order chi connectivity index (χ1) is 11.7. The minimum absolute atomic E-state index is 0.117. The highest BCUT2D eigenvalue weighted by Gasteiger charge is 2.37. The number of alkyl carbamates (subject to hydrolysis) is 1. The molecule has 0 aliphatic carbocycles. The summed E-state index contributed by atoms with van der Waals surface area (Å²) in [5.74, 6) is 0.185. The van der Waals surface area contributed by atoms with Gasteiger partial charge in [0, 0.05) is 12.7 Å². The fraction of sp³-hybridized carbons (Fsp3) is 0.471. The number of aliphatic imine (C=N–C) groups is 1. The molecule has 0 fully saturated rings. The number of nitrogens with zero attached hydrogens (tertiary/aromatic N) is 2. The zero-order valence-electron chi connectivity index (χ0n) is 14.8. The monoisotopic (exact) mass is 345 g/mol. The van der Waals surface area contributed by atoms with E-state index < -0.39 is 11.7 Å². The smallest absolute Gasteiger partial charge is 0.414 e. The Morgan fingerprint density at radius 1 is 1.40 bits per heavy atom. The van der Waals surface area contributed by atoms with E-state index in [1.54, 1.807) is 31.9 Å². The van der Waals surface area contributed by atoms with Gasteiger partial charge < -0.3 is 19.9 Å². The van der Waals surface area contributed by atoms with Gasteiger partial charge in [0.25, 0.3) is 5.91 Å². The molecule has 2 atom stereocenters. The van der Waals surface area contributed by atoms with Crippen LogP contribution < -0.4 is 10.6 Å². The van der Waals surface area contributed by atoms with Crippen molar-refractivity contribution in [1.29, 1.82) is 0 Å². The summed E-state index contributed by atoms with van der Waals surface area (Å²) in [5.41, 5.74) is 0.931. The first-order valence-corrected chi connectivity index (χ1v) is 8.20. The summed E-state index contributed by atoms with van der Waals surface area (Å²) in [6.07, 6.45) is 4.69. The normalized spacial score (nSPS) is 22.1. The lowest BCUT2D eigenvalue weighted by Crippen LogP contribution is -2.55. The molecule has 0 spiro atoms. The molecule has 0 radical (unpaired) electrons. The number of nitrogens with one attached hydrogen (secondary N) is 3. The molecule has 134 valence electrons. The van der Waals surface area contributed by atoms with Gasteiger partial charge in [-0.1, -0.05) is 12.2 Å². The van der Waals surface area contributed by atoms with Crippen molar-refractivity contribution in [2.75, 3.05) is 6.54 Å². The van der Waals surface area contributed by atoms with E-state index in [1.165, 1.54) is 0 Å². The van der Waals surface area contributed by atoms with Crippen LogP contribution in [0.1, 0.15) is 36.8 Å². The van der Waals surface area contributed by atoms with E-state index in [2.05, 4.69) is 20.6 Å². The van der Waals surface area contributed by atoms with Gasteiger partial charge in [-0.05, 0) is 39.3 Å². The highest BCUT2D eigenvalue weighted by molar-refractivity contribution is 5.97. The maximum Gasteiger partial charge on any atom is 0.414 e. The number of rotatable bonds is 1. The molecule has 0 saturated carbocycles. The molecule has 25 heavy (non-hydrogen) atoms. The summed E-state index contributed by atoms with van der Waals surface area (Å²) in [6.45, 7) is 7.76. The minimum Gasteiger partial charge on any atom is -0.444 e. The van der Waals surface area contributed by atoms with Crippen LogP contribution in [0, 0.1) is 6.92 Å². The van der Waals surface area contributed by atoms with Gasteiger partial charge in [-0.15, -0.1) is 0 Å². The average molecular weight is 345 g/mol. The summed E-state index contributed by atoms with van der Waals surface area (Å²) < 4.78 is 5.22. The molecule has 1 aromatic heterocycles. The third-order valence-electron chi connectivity index (χ3n) is 3.80. The zero-order chi connectivity index (χ0) is 18.2. The lowest BCUT2D eigenvalue weighted by atomic mass is 10.1. The SMILES string of the molecule is Cc1c[nH]c(C(=O)N2CC=CC3N=C(NC(=O)OC(C)(C)C)NC32)c1. The number of H-pyrrole nitrogens is 1. The Balaban J connectivity index is 1.68.